The molecule has 20 heavy (non-hydrogen) atoms. The maximum atomic E-state index is 12.7. The number of nitrogens with one attached hydrogen (secondary N) is 1. The van der Waals surface area contributed by atoms with E-state index in [1.54, 1.807) is 6.07 Å². The number of thiophene rings is 1. The summed E-state index contributed by atoms with van der Waals surface area (Å²) < 4.78 is 26.9. The van der Waals surface area contributed by atoms with E-state index in [2.05, 4.69) is 11.2 Å². The Morgan fingerprint density at radius 2 is 2.30 bits per heavy atom. The largest absolute Gasteiger partial charge is 0.312 e. The molecule has 0 bridgehead atoms. The van der Waals surface area contributed by atoms with Gasteiger partial charge >= 0.3 is 0 Å². The third-order valence-corrected chi connectivity index (χ3v) is 6.23. The Morgan fingerprint density at radius 1 is 1.55 bits per heavy atom. The summed E-state index contributed by atoms with van der Waals surface area (Å²) in [5.41, 5.74) is 0. The van der Waals surface area contributed by atoms with E-state index in [9.17, 15) is 8.42 Å². The molecule has 0 spiro atoms. The van der Waals surface area contributed by atoms with E-state index in [-0.39, 0.29) is 6.54 Å². The molecule has 1 aliphatic carbocycles. The minimum absolute atomic E-state index is 0.148. The van der Waals surface area contributed by atoms with Crippen LogP contribution in [0, 0.1) is 18.3 Å². The summed E-state index contributed by atoms with van der Waals surface area (Å²) in [6.07, 6.45) is 7.53. The number of hydrogen-bond acceptors (Lipinski definition) is 4. The van der Waals surface area contributed by atoms with Gasteiger partial charge in [0.15, 0.2) is 0 Å². The van der Waals surface area contributed by atoms with Crippen molar-refractivity contribution < 1.29 is 8.42 Å². The van der Waals surface area contributed by atoms with Crippen LogP contribution in [0.15, 0.2) is 16.3 Å². The smallest absolute Gasteiger partial charge is 0.245 e. The number of terminal acetylenes is 1. The van der Waals surface area contributed by atoms with Crippen molar-refractivity contribution in [2.45, 2.75) is 31.2 Å². The summed E-state index contributed by atoms with van der Waals surface area (Å²) in [4.78, 5) is 1.25. The number of rotatable bonds is 8. The Balaban J connectivity index is 2.22. The fraction of sp³-hybridized carbons (Fsp3) is 0.571. The maximum Gasteiger partial charge on any atom is 0.245 e. The molecule has 0 amide bonds. The minimum atomic E-state index is -3.47. The normalized spacial score (nSPS) is 15.4. The van der Waals surface area contributed by atoms with Gasteiger partial charge in [-0.05, 0) is 36.8 Å². The van der Waals surface area contributed by atoms with E-state index in [0.29, 0.717) is 23.9 Å². The summed E-state index contributed by atoms with van der Waals surface area (Å²) in [5, 5.41) is 5.00. The average Bonchev–Trinajstić information content (AvgIpc) is 3.10. The Hall–Kier alpha value is -0.870. The predicted octanol–water partition coefficient (Wildman–Crippen LogP) is 1.89. The molecule has 2 rings (SSSR count). The van der Waals surface area contributed by atoms with Crippen molar-refractivity contribution in [2.75, 3.05) is 19.6 Å². The highest BCUT2D eigenvalue weighted by atomic mass is 32.2. The fourth-order valence-electron chi connectivity index (χ4n) is 2.00. The summed E-state index contributed by atoms with van der Waals surface area (Å²) in [6, 6.07) is 1.68. The molecular weight excluding hydrogens is 292 g/mol. The van der Waals surface area contributed by atoms with Crippen molar-refractivity contribution in [1.29, 1.82) is 0 Å². The van der Waals surface area contributed by atoms with Crippen LogP contribution in [0.25, 0.3) is 0 Å². The van der Waals surface area contributed by atoms with Crippen LogP contribution in [-0.2, 0) is 16.6 Å². The van der Waals surface area contributed by atoms with Gasteiger partial charge in [0.2, 0.25) is 10.0 Å². The van der Waals surface area contributed by atoms with Crippen molar-refractivity contribution in [3.05, 3.63) is 16.3 Å². The Bertz CT molecular complexity index is 583. The van der Waals surface area contributed by atoms with Gasteiger partial charge in [-0.25, -0.2) is 8.42 Å². The molecular formula is C14H20N2O2S2. The standard InChI is InChI=1S/C14H20N2O2S2/c1-3-8-16(11-12-5-6-12)20(17,18)14-7-9-19-13(14)10-15-4-2/h1,7,9,12,15H,4-6,8,10-11H2,2H3. The molecule has 1 N–H and O–H groups in total. The Labute approximate surface area is 125 Å². The summed E-state index contributed by atoms with van der Waals surface area (Å²) in [7, 11) is -3.47. The van der Waals surface area contributed by atoms with Crippen LogP contribution in [0.5, 0.6) is 0 Å². The molecule has 0 aromatic carbocycles. The number of sulfonamides is 1. The molecule has 1 fully saturated rings. The monoisotopic (exact) mass is 312 g/mol. The first-order valence-corrected chi connectivity index (χ1v) is 9.12. The van der Waals surface area contributed by atoms with Gasteiger partial charge in [-0.15, -0.1) is 17.8 Å². The van der Waals surface area contributed by atoms with Crippen molar-refractivity contribution in [2.24, 2.45) is 5.92 Å². The van der Waals surface area contributed by atoms with Gasteiger partial charge in [-0.1, -0.05) is 12.8 Å². The zero-order chi connectivity index (χ0) is 14.6. The molecule has 1 aromatic heterocycles. The molecule has 0 unspecified atom stereocenters. The van der Waals surface area contributed by atoms with E-state index in [1.807, 2.05) is 12.3 Å². The lowest BCUT2D eigenvalue weighted by Crippen LogP contribution is -2.33. The second-order valence-corrected chi connectivity index (χ2v) is 7.84. The van der Waals surface area contributed by atoms with Gasteiger partial charge in [-0.3, -0.25) is 0 Å². The zero-order valence-corrected chi connectivity index (χ0v) is 13.3. The SMILES string of the molecule is C#CCN(CC1CC1)S(=O)(=O)c1ccsc1CNCC. The number of hydrogen-bond donors (Lipinski definition) is 1. The third kappa shape index (κ3) is 3.61. The van der Waals surface area contributed by atoms with E-state index in [4.69, 9.17) is 6.42 Å². The average molecular weight is 312 g/mol. The van der Waals surface area contributed by atoms with Crippen LogP contribution in [-0.4, -0.2) is 32.4 Å². The first kappa shape index (κ1) is 15.5. The molecule has 110 valence electrons. The lowest BCUT2D eigenvalue weighted by atomic mass is 10.4. The minimum Gasteiger partial charge on any atom is -0.312 e. The number of nitrogens with zero attached hydrogens (tertiary/aromatic N) is 1. The third-order valence-electron chi connectivity index (χ3n) is 3.28. The zero-order valence-electron chi connectivity index (χ0n) is 11.6. The molecule has 4 nitrogen and oxygen atoms in total. The van der Waals surface area contributed by atoms with E-state index < -0.39 is 10.0 Å². The van der Waals surface area contributed by atoms with Crippen LogP contribution in [0.1, 0.15) is 24.6 Å². The highest BCUT2D eigenvalue weighted by Gasteiger charge is 2.32. The quantitative estimate of drug-likeness (QED) is 0.746. The molecule has 1 saturated carbocycles. The van der Waals surface area contributed by atoms with Crippen molar-refractivity contribution >= 4 is 21.4 Å². The first-order valence-electron chi connectivity index (χ1n) is 6.80. The molecule has 0 atom stereocenters. The second kappa shape index (κ2) is 6.72. The summed E-state index contributed by atoms with van der Waals surface area (Å²) >= 11 is 1.47. The molecule has 0 radical (unpaired) electrons. The van der Waals surface area contributed by atoms with Crippen LogP contribution < -0.4 is 5.32 Å². The van der Waals surface area contributed by atoms with E-state index in [0.717, 1.165) is 24.3 Å². The molecule has 1 aliphatic rings. The molecule has 0 aliphatic heterocycles. The molecule has 1 aromatic rings. The van der Waals surface area contributed by atoms with Gasteiger partial charge in [0.25, 0.3) is 0 Å². The van der Waals surface area contributed by atoms with Crippen molar-refractivity contribution in [3.8, 4) is 12.3 Å². The summed E-state index contributed by atoms with van der Waals surface area (Å²) in [6.45, 7) is 4.08. The van der Waals surface area contributed by atoms with Crippen molar-refractivity contribution in [3.63, 3.8) is 0 Å². The van der Waals surface area contributed by atoms with E-state index >= 15 is 0 Å². The maximum absolute atomic E-state index is 12.7. The first-order chi connectivity index (χ1) is 9.59. The van der Waals surface area contributed by atoms with Gasteiger partial charge in [0, 0.05) is 18.0 Å². The highest BCUT2D eigenvalue weighted by molar-refractivity contribution is 7.89. The molecule has 1 heterocycles. The second-order valence-electron chi connectivity index (χ2n) is 4.93. The van der Waals surface area contributed by atoms with Crippen LogP contribution >= 0.6 is 11.3 Å². The van der Waals surface area contributed by atoms with Gasteiger partial charge in [0.05, 0.1) is 11.4 Å². The molecule has 0 saturated heterocycles. The van der Waals surface area contributed by atoms with Crippen LogP contribution in [0.3, 0.4) is 0 Å². The fourth-order valence-corrected chi connectivity index (χ4v) is 4.82. The Morgan fingerprint density at radius 3 is 2.90 bits per heavy atom. The van der Waals surface area contributed by atoms with Crippen LogP contribution in [0.2, 0.25) is 0 Å². The summed E-state index contributed by atoms with van der Waals surface area (Å²) in [5.74, 6) is 2.95. The van der Waals surface area contributed by atoms with Gasteiger partial charge < -0.3 is 5.32 Å². The van der Waals surface area contributed by atoms with Crippen molar-refractivity contribution in [1.82, 2.24) is 9.62 Å². The van der Waals surface area contributed by atoms with Crippen LogP contribution in [0.4, 0.5) is 0 Å². The lowest BCUT2D eigenvalue weighted by Gasteiger charge is -2.20. The Kier molecular flexibility index (Phi) is 5.22. The van der Waals surface area contributed by atoms with Gasteiger partial charge in [-0.2, -0.15) is 4.31 Å². The lowest BCUT2D eigenvalue weighted by molar-refractivity contribution is 0.429. The highest BCUT2D eigenvalue weighted by Crippen LogP contribution is 2.32. The molecule has 6 heteroatoms. The topological polar surface area (TPSA) is 49.4 Å². The van der Waals surface area contributed by atoms with E-state index in [1.165, 1.54) is 15.6 Å². The predicted molar refractivity (Wildman–Crippen MR) is 82.0 cm³/mol. The van der Waals surface area contributed by atoms with Gasteiger partial charge in [0.1, 0.15) is 0 Å².